The molecule has 2 aromatic rings. The van der Waals surface area contributed by atoms with Crippen LogP contribution in [0.3, 0.4) is 0 Å². The number of hydrogen-bond acceptors (Lipinski definition) is 7. The van der Waals surface area contributed by atoms with Crippen LogP contribution in [-0.4, -0.2) is 63.1 Å². The van der Waals surface area contributed by atoms with E-state index >= 15 is 0 Å². The fourth-order valence-electron chi connectivity index (χ4n) is 2.99. The smallest absolute Gasteiger partial charge is 0.231 e. The number of unbranched alkanes of at least 4 members (excludes halogenated alkanes) is 1. The fourth-order valence-corrected chi connectivity index (χ4v) is 2.99. The second-order valence-corrected chi connectivity index (χ2v) is 9.41. The van der Waals surface area contributed by atoms with Crippen LogP contribution in [0, 0.1) is 5.82 Å². The highest BCUT2D eigenvalue weighted by molar-refractivity contribution is 5.98. The van der Waals surface area contributed by atoms with Crippen LogP contribution in [0.5, 0.6) is 5.75 Å². The summed E-state index contributed by atoms with van der Waals surface area (Å²) in [6, 6.07) is 10.4. The summed E-state index contributed by atoms with van der Waals surface area (Å²) in [6.45, 7) is 18.8. The van der Waals surface area contributed by atoms with Gasteiger partial charge in [0.15, 0.2) is 0 Å². The maximum Gasteiger partial charge on any atom is 0.231 e. The van der Waals surface area contributed by atoms with Gasteiger partial charge in [0, 0.05) is 48.0 Å². The van der Waals surface area contributed by atoms with Crippen LogP contribution in [0.1, 0.15) is 66.4 Å². The van der Waals surface area contributed by atoms with Gasteiger partial charge in [0.05, 0.1) is 17.7 Å². The zero-order valence-electron chi connectivity index (χ0n) is 26.1. The number of aliphatic imine (C=N–C) groups is 1. The van der Waals surface area contributed by atoms with Crippen molar-refractivity contribution in [3.05, 3.63) is 54.4 Å². The minimum atomic E-state index is -0.507. The maximum absolute atomic E-state index is 14.8. The van der Waals surface area contributed by atoms with Crippen molar-refractivity contribution in [3.63, 3.8) is 0 Å². The quantitative estimate of drug-likeness (QED) is 0.0987. The summed E-state index contributed by atoms with van der Waals surface area (Å²) in [7, 11) is 3.94. The molecule has 0 aliphatic rings. The second-order valence-electron chi connectivity index (χ2n) is 9.41. The number of nitrogens with one attached hydrogen (secondary N) is 3. The topological polar surface area (TPSA) is 95.1 Å². The molecule has 0 saturated carbocycles. The fraction of sp³-hybridized carbons (Fsp3) is 0.469. The Morgan fingerprint density at radius 2 is 1.68 bits per heavy atom. The number of rotatable bonds is 14. The van der Waals surface area contributed by atoms with Crippen LogP contribution in [0.25, 0.3) is 5.70 Å². The van der Waals surface area contributed by atoms with E-state index in [9.17, 15) is 14.0 Å². The van der Waals surface area contributed by atoms with Gasteiger partial charge in [-0.2, -0.15) is 0 Å². The van der Waals surface area contributed by atoms with Gasteiger partial charge in [-0.1, -0.05) is 40.2 Å². The summed E-state index contributed by atoms with van der Waals surface area (Å²) >= 11 is 0. The molecule has 2 rings (SSSR count). The minimum absolute atomic E-state index is 0.203. The number of likely N-dealkylation sites (N-methyl/N-ethyl adjacent to an activating group) is 1. The number of carbonyl (C=O) groups excluding carboxylic acids is 2. The summed E-state index contributed by atoms with van der Waals surface area (Å²) in [6.07, 6.45) is 4.54. The van der Waals surface area contributed by atoms with Crippen molar-refractivity contribution >= 4 is 41.2 Å². The molecule has 8 nitrogen and oxygen atoms in total. The van der Waals surface area contributed by atoms with E-state index in [1.807, 2.05) is 0 Å². The largest absolute Gasteiger partial charge is 0.492 e. The minimum Gasteiger partial charge on any atom is -0.492 e. The van der Waals surface area contributed by atoms with Gasteiger partial charge < -0.3 is 30.4 Å². The first-order valence-corrected chi connectivity index (χ1v) is 14.2. The van der Waals surface area contributed by atoms with Gasteiger partial charge in [-0.15, -0.1) is 0 Å². The van der Waals surface area contributed by atoms with E-state index in [1.54, 1.807) is 50.5 Å². The molecular formula is C32H50FN5O3. The number of hydrogen-bond donors (Lipinski definition) is 3. The molecule has 228 valence electrons. The van der Waals surface area contributed by atoms with E-state index in [4.69, 9.17) is 4.74 Å². The Morgan fingerprint density at radius 3 is 2.12 bits per heavy atom. The summed E-state index contributed by atoms with van der Waals surface area (Å²) < 4.78 is 20.4. The molecule has 0 bridgehead atoms. The van der Waals surface area contributed by atoms with Crippen LogP contribution < -0.4 is 20.7 Å². The zero-order valence-corrected chi connectivity index (χ0v) is 26.1. The number of ether oxygens (including phenoxy) is 1. The third kappa shape index (κ3) is 15.7. The van der Waals surface area contributed by atoms with Crippen molar-refractivity contribution in [2.75, 3.05) is 44.4 Å². The highest BCUT2D eigenvalue weighted by Gasteiger charge is 2.15. The van der Waals surface area contributed by atoms with Gasteiger partial charge in [-0.3, -0.25) is 9.79 Å². The molecule has 0 aromatic heterocycles. The molecule has 0 radical (unpaired) electrons. The van der Waals surface area contributed by atoms with Crippen LogP contribution in [-0.2, 0) is 9.59 Å². The Morgan fingerprint density at radius 1 is 1.10 bits per heavy atom. The van der Waals surface area contributed by atoms with Gasteiger partial charge in [-0.05, 0) is 65.7 Å². The highest BCUT2D eigenvalue weighted by Crippen LogP contribution is 2.33. The van der Waals surface area contributed by atoms with E-state index in [-0.39, 0.29) is 12.0 Å². The van der Waals surface area contributed by atoms with Gasteiger partial charge in [0.2, 0.25) is 5.91 Å². The molecule has 0 unspecified atom stereocenters. The highest BCUT2D eigenvalue weighted by atomic mass is 19.1. The van der Waals surface area contributed by atoms with Crippen LogP contribution in [0.4, 0.5) is 21.5 Å². The summed E-state index contributed by atoms with van der Waals surface area (Å²) in [5, 5.41) is 8.61. The third-order valence-electron chi connectivity index (χ3n) is 5.85. The molecule has 0 fully saturated rings. The van der Waals surface area contributed by atoms with E-state index in [0.717, 1.165) is 6.54 Å². The monoisotopic (exact) mass is 571 g/mol. The van der Waals surface area contributed by atoms with E-state index < -0.39 is 11.7 Å². The summed E-state index contributed by atoms with van der Waals surface area (Å²) in [4.78, 5) is 28.4. The molecule has 2 aromatic carbocycles. The van der Waals surface area contributed by atoms with E-state index in [2.05, 4.69) is 74.1 Å². The number of nitrogens with zero attached hydrogens (tertiary/aromatic N) is 2. The van der Waals surface area contributed by atoms with Crippen molar-refractivity contribution in [2.24, 2.45) is 4.99 Å². The molecular weight excluding hydrogens is 521 g/mol. The number of aldehydes is 1. The van der Waals surface area contributed by atoms with Gasteiger partial charge >= 0.3 is 0 Å². The summed E-state index contributed by atoms with van der Waals surface area (Å²) in [5.74, 6) is -0.514. The van der Waals surface area contributed by atoms with Gasteiger partial charge in [0.25, 0.3) is 0 Å². The first-order valence-electron chi connectivity index (χ1n) is 14.2. The van der Waals surface area contributed by atoms with Gasteiger partial charge in [0.1, 0.15) is 24.5 Å². The Bertz CT molecular complexity index is 1070. The molecule has 0 heterocycles. The number of carbonyl (C=O) groups is 2. The van der Waals surface area contributed by atoms with Crippen LogP contribution in [0.2, 0.25) is 0 Å². The first-order chi connectivity index (χ1) is 19.6. The maximum atomic E-state index is 14.8. The van der Waals surface area contributed by atoms with Crippen LogP contribution >= 0.6 is 0 Å². The number of anilines is 2. The van der Waals surface area contributed by atoms with Gasteiger partial charge in [-0.25, -0.2) is 4.39 Å². The predicted octanol–water partition coefficient (Wildman–Crippen LogP) is 6.91. The normalized spacial score (nSPS) is 10.4. The third-order valence-corrected chi connectivity index (χ3v) is 5.85. The van der Waals surface area contributed by atoms with Crippen molar-refractivity contribution in [1.82, 2.24) is 10.2 Å². The van der Waals surface area contributed by atoms with Crippen molar-refractivity contribution in [3.8, 4) is 5.75 Å². The Hall–Kier alpha value is -3.56. The standard InChI is InChI=1S/C22H25FN4O3.C6H15N.C4H10/c1-4-25-20-14-18(30-12-10-24-3)13-19(23)22(20)15(2)26-16-5-7-17(8-6-16)27-21(29)9-11-28;1-5-7(4)6(2)3;1-3-4-2/h4-8,11,13-14,24,26H,2,9-10,12H2,1,3H3,(H,27,29);6H,5H2,1-4H3;3-4H2,1-2H3. The van der Waals surface area contributed by atoms with Crippen molar-refractivity contribution < 1.29 is 18.7 Å². The van der Waals surface area contributed by atoms with Crippen molar-refractivity contribution in [2.45, 2.75) is 66.8 Å². The zero-order chi connectivity index (χ0) is 31.2. The molecule has 0 atom stereocenters. The van der Waals surface area contributed by atoms with E-state index in [0.29, 0.717) is 54.0 Å². The molecule has 9 heteroatoms. The predicted molar refractivity (Wildman–Crippen MR) is 172 cm³/mol. The average Bonchev–Trinajstić information content (AvgIpc) is 2.94. The van der Waals surface area contributed by atoms with Crippen LogP contribution in [0.15, 0.2) is 48.0 Å². The lowest BCUT2D eigenvalue weighted by Crippen LogP contribution is -2.25. The lowest BCUT2D eigenvalue weighted by molar-refractivity contribution is -0.119. The molecule has 1 amide bonds. The second kappa shape index (κ2) is 22.2. The molecule has 41 heavy (non-hydrogen) atoms. The number of amides is 1. The Balaban J connectivity index is 0.00000123. The molecule has 0 aliphatic carbocycles. The first kappa shape index (κ1) is 37.4. The molecule has 0 spiro atoms. The van der Waals surface area contributed by atoms with Crippen molar-refractivity contribution in [1.29, 1.82) is 0 Å². The van der Waals surface area contributed by atoms with E-state index in [1.165, 1.54) is 18.9 Å². The lowest BCUT2D eigenvalue weighted by atomic mass is 10.1. The molecule has 0 aliphatic heterocycles. The number of halogens is 1. The Labute approximate surface area is 246 Å². The molecule has 0 saturated heterocycles. The average molecular weight is 572 g/mol. The molecule has 3 N–H and O–H groups in total. The number of benzene rings is 2. The lowest BCUT2D eigenvalue weighted by Gasteiger charge is -2.17. The Kier molecular flexibility index (Phi) is 20.2. The summed E-state index contributed by atoms with van der Waals surface area (Å²) in [5.41, 5.74) is 2.15. The SMILES string of the molecule is C=C(Nc1ccc(NC(=O)CC=O)cc1)c1c(F)cc(OCCNC)cc1N=CC.CCCC.CCN(C)C(C)C.